The van der Waals surface area contributed by atoms with E-state index < -0.39 is 41.6 Å². The number of hydrogen-bond acceptors (Lipinski definition) is 4. The van der Waals surface area contributed by atoms with Gasteiger partial charge in [-0.05, 0) is 43.0 Å². The van der Waals surface area contributed by atoms with Crippen LogP contribution in [-0.2, 0) is 14.4 Å². The van der Waals surface area contributed by atoms with E-state index in [0.29, 0.717) is 19.0 Å². The minimum absolute atomic E-state index is 0.233. The lowest BCUT2D eigenvalue weighted by Gasteiger charge is -2.28. The SMILES string of the molecule is C[C@H](NC(=O)[C@@H](O)c1cc(F)cc(F)c1)C(=O)N[C@@H]1C(=O)N(C)CCC[C@H]1c1ccccc1. The van der Waals surface area contributed by atoms with E-state index in [-0.39, 0.29) is 17.4 Å². The van der Waals surface area contributed by atoms with Gasteiger partial charge in [0.25, 0.3) is 5.91 Å². The van der Waals surface area contributed by atoms with Crippen LogP contribution < -0.4 is 10.6 Å². The molecule has 0 radical (unpaired) electrons. The van der Waals surface area contributed by atoms with Gasteiger partial charge in [0.1, 0.15) is 23.7 Å². The Balaban J connectivity index is 1.71. The number of rotatable bonds is 6. The normalized spacial score (nSPS) is 20.5. The minimum Gasteiger partial charge on any atom is -0.378 e. The van der Waals surface area contributed by atoms with Gasteiger partial charge in [0, 0.05) is 25.6 Å². The van der Waals surface area contributed by atoms with Crippen LogP contribution >= 0.6 is 0 Å². The first kappa shape index (κ1) is 24.3. The number of carbonyl (C=O) groups excluding carboxylic acids is 3. The number of nitrogens with one attached hydrogen (secondary N) is 2. The molecule has 1 aliphatic rings. The van der Waals surface area contributed by atoms with Crippen molar-refractivity contribution in [2.45, 2.75) is 43.9 Å². The Morgan fingerprint density at radius 3 is 2.36 bits per heavy atom. The van der Waals surface area contributed by atoms with E-state index in [1.807, 2.05) is 30.3 Å². The molecule has 0 aliphatic carbocycles. The van der Waals surface area contributed by atoms with Crippen LogP contribution in [0.5, 0.6) is 0 Å². The highest BCUT2D eigenvalue weighted by atomic mass is 19.1. The van der Waals surface area contributed by atoms with Crippen molar-refractivity contribution >= 4 is 17.7 Å². The third-order valence-electron chi connectivity index (χ3n) is 5.78. The second-order valence-electron chi connectivity index (χ2n) is 8.24. The topological polar surface area (TPSA) is 98.7 Å². The molecule has 2 aromatic carbocycles. The third kappa shape index (κ3) is 5.92. The van der Waals surface area contributed by atoms with Crippen molar-refractivity contribution in [1.29, 1.82) is 0 Å². The molecule has 4 atom stereocenters. The number of likely N-dealkylation sites (tertiary alicyclic amines) is 1. The Morgan fingerprint density at radius 1 is 1.09 bits per heavy atom. The van der Waals surface area contributed by atoms with E-state index in [1.165, 1.54) is 6.92 Å². The van der Waals surface area contributed by atoms with Crippen LogP contribution in [0.3, 0.4) is 0 Å². The van der Waals surface area contributed by atoms with Gasteiger partial charge < -0.3 is 20.6 Å². The summed E-state index contributed by atoms with van der Waals surface area (Å²) in [5.41, 5.74) is 0.647. The summed E-state index contributed by atoms with van der Waals surface area (Å²) in [4.78, 5) is 39.8. The molecule has 3 amide bonds. The molecule has 3 N–H and O–H groups in total. The van der Waals surface area contributed by atoms with Gasteiger partial charge in [0.2, 0.25) is 11.8 Å². The zero-order chi connectivity index (χ0) is 24.1. The number of halogens is 2. The molecular weight excluding hydrogens is 432 g/mol. The minimum atomic E-state index is -1.87. The number of hydrogen-bond donors (Lipinski definition) is 3. The Morgan fingerprint density at radius 2 is 1.73 bits per heavy atom. The monoisotopic (exact) mass is 459 g/mol. The van der Waals surface area contributed by atoms with Crippen LogP contribution in [0, 0.1) is 11.6 Å². The first-order valence-corrected chi connectivity index (χ1v) is 10.7. The highest BCUT2D eigenvalue weighted by Gasteiger charge is 2.36. The van der Waals surface area contributed by atoms with Gasteiger partial charge in [0.05, 0.1) is 0 Å². The lowest BCUT2D eigenvalue weighted by molar-refractivity contribution is -0.137. The van der Waals surface area contributed by atoms with Gasteiger partial charge in [-0.3, -0.25) is 14.4 Å². The van der Waals surface area contributed by atoms with Crippen molar-refractivity contribution in [3.63, 3.8) is 0 Å². The molecule has 7 nitrogen and oxygen atoms in total. The van der Waals surface area contributed by atoms with E-state index in [0.717, 1.165) is 24.1 Å². The molecule has 176 valence electrons. The summed E-state index contributed by atoms with van der Waals surface area (Å²) in [6, 6.07) is 9.77. The maximum atomic E-state index is 13.4. The number of likely N-dealkylation sites (N-methyl/N-ethyl adjacent to an activating group) is 1. The predicted octanol–water partition coefficient (Wildman–Crippen LogP) is 2.02. The summed E-state index contributed by atoms with van der Waals surface area (Å²) in [5.74, 6) is -3.96. The zero-order valence-electron chi connectivity index (χ0n) is 18.4. The van der Waals surface area contributed by atoms with Crippen LogP contribution in [0.4, 0.5) is 8.78 Å². The standard InChI is InChI=1S/C24H27F2N3O4/c1-14(27-23(32)21(30)16-11-17(25)13-18(26)12-16)22(31)28-20-19(15-7-4-3-5-8-15)9-6-10-29(2)24(20)33/h3-5,7-8,11-14,19-21,30H,6,9-10H2,1-2H3,(H,27,32)(H,28,31)/t14-,19-,20-,21-/m0/s1. The molecule has 1 fully saturated rings. The molecule has 0 spiro atoms. The Hall–Kier alpha value is -3.33. The van der Waals surface area contributed by atoms with E-state index in [2.05, 4.69) is 10.6 Å². The molecule has 9 heteroatoms. The summed E-state index contributed by atoms with van der Waals surface area (Å²) < 4.78 is 26.8. The van der Waals surface area contributed by atoms with Gasteiger partial charge >= 0.3 is 0 Å². The van der Waals surface area contributed by atoms with Crippen molar-refractivity contribution in [2.24, 2.45) is 0 Å². The van der Waals surface area contributed by atoms with E-state index >= 15 is 0 Å². The smallest absolute Gasteiger partial charge is 0.254 e. The van der Waals surface area contributed by atoms with Crippen molar-refractivity contribution in [3.8, 4) is 0 Å². The molecule has 3 rings (SSSR count). The molecule has 0 unspecified atom stereocenters. The second-order valence-corrected chi connectivity index (χ2v) is 8.24. The largest absolute Gasteiger partial charge is 0.378 e. The van der Waals surface area contributed by atoms with Crippen molar-refractivity contribution in [3.05, 3.63) is 71.3 Å². The fraction of sp³-hybridized carbons (Fsp3) is 0.375. The van der Waals surface area contributed by atoms with Crippen LogP contribution in [0.15, 0.2) is 48.5 Å². The molecule has 2 aromatic rings. The fourth-order valence-electron chi connectivity index (χ4n) is 3.98. The summed E-state index contributed by atoms with van der Waals surface area (Å²) in [6.07, 6.45) is -0.403. The Kier molecular flexibility index (Phi) is 7.75. The number of aliphatic hydroxyl groups excluding tert-OH is 1. The molecule has 1 heterocycles. The van der Waals surface area contributed by atoms with Crippen molar-refractivity contribution in [2.75, 3.05) is 13.6 Å². The average Bonchev–Trinajstić information content (AvgIpc) is 2.92. The second kappa shape index (κ2) is 10.5. The van der Waals surface area contributed by atoms with E-state index in [1.54, 1.807) is 11.9 Å². The van der Waals surface area contributed by atoms with Gasteiger partial charge in [-0.2, -0.15) is 0 Å². The molecule has 33 heavy (non-hydrogen) atoms. The summed E-state index contributed by atoms with van der Waals surface area (Å²) in [7, 11) is 1.68. The molecular formula is C24H27F2N3O4. The molecule has 1 aliphatic heterocycles. The first-order valence-electron chi connectivity index (χ1n) is 10.7. The number of nitrogens with zero attached hydrogens (tertiary/aromatic N) is 1. The first-order chi connectivity index (χ1) is 15.7. The van der Waals surface area contributed by atoms with Gasteiger partial charge in [-0.15, -0.1) is 0 Å². The number of aliphatic hydroxyl groups is 1. The van der Waals surface area contributed by atoms with Crippen LogP contribution in [0.2, 0.25) is 0 Å². The molecule has 0 aromatic heterocycles. The lowest BCUT2D eigenvalue weighted by atomic mass is 9.87. The van der Waals surface area contributed by atoms with Crippen molar-refractivity contribution in [1.82, 2.24) is 15.5 Å². The van der Waals surface area contributed by atoms with Gasteiger partial charge in [0.15, 0.2) is 6.10 Å². The summed E-state index contributed by atoms with van der Waals surface area (Å²) >= 11 is 0. The highest BCUT2D eigenvalue weighted by Crippen LogP contribution is 2.29. The molecule has 0 saturated carbocycles. The van der Waals surface area contributed by atoms with Gasteiger partial charge in [-0.25, -0.2) is 8.78 Å². The Labute approximate surface area is 190 Å². The van der Waals surface area contributed by atoms with Gasteiger partial charge in [-0.1, -0.05) is 30.3 Å². The maximum Gasteiger partial charge on any atom is 0.254 e. The summed E-state index contributed by atoms with van der Waals surface area (Å²) in [6.45, 7) is 1.96. The van der Waals surface area contributed by atoms with E-state index in [4.69, 9.17) is 0 Å². The zero-order valence-corrected chi connectivity index (χ0v) is 18.4. The third-order valence-corrected chi connectivity index (χ3v) is 5.78. The summed E-state index contributed by atoms with van der Waals surface area (Å²) in [5, 5.41) is 15.2. The maximum absolute atomic E-state index is 13.4. The highest BCUT2D eigenvalue weighted by molar-refractivity contribution is 5.93. The number of benzene rings is 2. The van der Waals surface area contributed by atoms with Crippen LogP contribution in [-0.4, -0.2) is 53.4 Å². The van der Waals surface area contributed by atoms with Crippen LogP contribution in [0.1, 0.15) is 42.9 Å². The van der Waals surface area contributed by atoms with Crippen molar-refractivity contribution < 1.29 is 28.3 Å². The quantitative estimate of drug-likeness (QED) is 0.616. The van der Waals surface area contributed by atoms with E-state index in [9.17, 15) is 28.3 Å². The Bertz CT molecular complexity index is 998. The molecule has 0 bridgehead atoms. The van der Waals surface area contributed by atoms with Crippen LogP contribution in [0.25, 0.3) is 0 Å². The number of carbonyl (C=O) groups is 3. The fourth-order valence-corrected chi connectivity index (χ4v) is 3.98. The number of amides is 3. The molecule has 1 saturated heterocycles. The lowest BCUT2D eigenvalue weighted by Crippen LogP contribution is -2.54. The predicted molar refractivity (Wildman–Crippen MR) is 117 cm³/mol. The average molecular weight is 459 g/mol.